The Morgan fingerprint density at radius 3 is 2.43 bits per heavy atom. The summed E-state index contributed by atoms with van der Waals surface area (Å²) < 4.78 is 18.4. The van der Waals surface area contributed by atoms with E-state index < -0.39 is 5.97 Å². The van der Waals surface area contributed by atoms with Gasteiger partial charge in [-0.05, 0) is 37.1 Å². The molecule has 0 aliphatic rings. The summed E-state index contributed by atoms with van der Waals surface area (Å²) >= 11 is 0. The Hall–Kier alpha value is -2.50. The molecule has 6 heteroatoms. The Labute approximate surface area is 134 Å². The van der Waals surface area contributed by atoms with Crippen LogP contribution in [0.1, 0.15) is 42.7 Å². The number of hydrogen-bond acceptors (Lipinski definition) is 5. The lowest BCUT2D eigenvalue weighted by molar-refractivity contribution is 0.0524. The van der Waals surface area contributed by atoms with Gasteiger partial charge in [0.05, 0.1) is 18.0 Å². The van der Waals surface area contributed by atoms with E-state index in [-0.39, 0.29) is 18.3 Å². The first-order valence-corrected chi connectivity index (χ1v) is 7.50. The van der Waals surface area contributed by atoms with Gasteiger partial charge in [0.2, 0.25) is 5.95 Å². The summed E-state index contributed by atoms with van der Waals surface area (Å²) in [4.78, 5) is 21.2. The number of halogens is 1. The molecule has 23 heavy (non-hydrogen) atoms. The summed E-state index contributed by atoms with van der Waals surface area (Å²) in [7, 11) is 1.71. The summed E-state index contributed by atoms with van der Waals surface area (Å²) in [5.41, 5.74) is 2.00. The number of nitrogens with zero attached hydrogens (tertiary/aromatic N) is 2. The maximum absolute atomic E-state index is 13.2. The molecule has 1 heterocycles. The third kappa shape index (κ3) is 3.64. The first kappa shape index (κ1) is 16.9. The zero-order valence-electron chi connectivity index (χ0n) is 13.7. The van der Waals surface area contributed by atoms with Crippen molar-refractivity contribution in [3.8, 4) is 11.3 Å². The van der Waals surface area contributed by atoms with Crippen LogP contribution in [0.25, 0.3) is 11.3 Å². The normalized spacial score (nSPS) is 10.7. The van der Waals surface area contributed by atoms with Crippen molar-refractivity contribution in [2.24, 2.45) is 0 Å². The summed E-state index contributed by atoms with van der Waals surface area (Å²) in [5.74, 6) is -0.415. The fourth-order valence-corrected chi connectivity index (χ4v) is 2.23. The molecule has 0 saturated heterocycles. The zero-order chi connectivity index (χ0) is 17.0. The minimum atomic E-state index is -0.474. The van der Waals surface area contributed by atoms with Crippen LogP contribution in [0.5, 0.6) is 0 Å². The third-order valence-corrected chi connectivity index (χ3v) is 3.30. The molecule has 0 bridgehead atoms. The zero-order valence-corrected chi connectivity index (χ0v) is 13.7. The third-order valence-electron chi connectivity index (χ3n) is 3.30. The minimum Gasteiger partial charge on any atom is -0.462 e. The summed E-state index contributed by atoms with van der Waals surface area (Å²) in [6.07, 6.45) is 0. The maximum Gasteiger partial charge on any atom is 0.342 e. The van der Waals surface area contributed by atoms with Crippen LogP contribution in [-0.2, 0) is 4.74 Å². The predicted octanol–water partition coefficient (Wildman–Crippen LogP) is 3.62. The molecule has 0 amide bonds. The van der Waals surface area contributed by atoms with Crippen molar-refractivity contribution in [1.82, 2.24) is 9.97 Å². The molecule has 1 N–H and O–H groups in total. The number of benzene rings is 1. The van der Waals surface area contributed by atoms with Gasteiger partial charge in [0.15, 0.2) is 0 Å². The van der Waals surface area contributed by atoms with Crippen molar-refractivity contribution >= 4 is 11.9 Å². The molecule has 0 aliphatic carbocycles. The Balaban J connectivity index is 2.72. The van der Waals surface area contributed by atoms with E-state index in [9.17, 15) is 9.18 Å². The quantitative estimate of drug-likeness (QED) is 0.853. The largest absolute Gasteiger partial charge is 0.462 e. The molecule has 0 radical (unpaired) electrons. The smallest absolute Gasteiger partial charge is 0.342 e. The summed E-state index contributed by atoms with van der Waals surface area (Å²) in [6, 6.07) is 5.84. The topological polar surface area (TPSA) is 64.1 Å². The highest BCUT2D eigenvalue weighted by Gasteiger charge is 2.24. The van der Waals surface area contributed by atoms with Crippen LogP contribution in [0.3, 0.4) is 0 Å². The number of hydrogen-bond donors (Lipinski definition) is 1. The Morgan fingerprint density at radius 1 is 1.26 bits per heavy atom. The lowest BCUT2D eigenvalue weighted by Crippen LogP contribution is -2.15. The van der Waals surface area contributed by atoms with E-state index >= 15 is 0 Å². The van der Waals surface area contributed by atoms with Crippen LogP contribution < -0.4 is 5.32 Å². The van der Waals surface area contributed by atoms with Crippen molar-refractivity contribution in [2.45, 2.75) is 26.7 Å². The van der Waals surface area contributed by atoms with Crippen molar-refractivity contribution < 1.29 is 13.9 Å². The number of rotatable bonds is 5. The Morgan fingerprint density at radius 2 is 1.91 bits per heavy atom. The standard InChI is InChI=1S/C17H20FN3O2/c1-5-23-16(22)13-14(10(2)3)20-17(19-4)21-15(13)11-6-8-12(18)9-7-11/h6-10H,5H2,1-4H3,(H,19,20,21). The number of ether oxygens (including phenoxy) is 1. The Bertz CT molecular complexity index is 700. The average Bonchev–Trinajstić information content (AvgIpc) is 2.54. The molecule has 0 aliphatic heterocycles. The highest BCUT2D eigenvalue weighted by atomic mass is 19.1. The molecule has 5 nitrogen and oxygen atoms in total. The molecule has 1 aromatic heterocycles. The van der Waals surface area contributed by atoms with Crippen LogP contribution in [0.2, 0.25) is 0 Å². The number of anilines is 1. The van der Waals surface area contributed by atoms with E-state index in [1.165, 1.54) is 12.1 Å². The molecule has 0 spiro atoms. The van der Waals surface area contributed by atoms with Gasteiger partial charge in [-0.25, -0.2) is 19.2 Å². The molecule has 2 rings (SSSR count). The van der Waals surface area contributed by atoms with Gasteiger partial charge in [-0.15, -0.1) is 0 Å². The molecule has 0 unspecified atom stereocenters. The molecule has 122 valence electrons. The van der Waals surface area contributed by atoms with Gasteiger partial charge in [0, 0.05) is 12.6 Å². The second-order valence-electron chi connectivity index (χ2n) is 5.29. The van der Waals surface area contributed by atoms with Gasteiger partial charge in [-0.3, -0.25) is 0 Å². The number of aromatic nitrogens is 2. The molecular weight excluding hydrogens is 297 g/mol. The second kappa shape index (κ2) is 7.17. The molecule has 1 aromatic carbocycles. The second-order valence-corrected chi connectivity index (χ2v) is 5.29. The maximum atomic E-state index is 13.2. The van der Waals surface area contributed by atoms with Gasteiger partial charge in [-0.2, -0.15) is 0 Å². The van der Waals surface area contributed by atoms with Gasteiger partial charge in [0.25, 0.3) is 0 Å². The fourth-order valence-electron chi connectivity index (χ4n) is 2.23. The van der Waals surface area contributed by atoms with Crippen LogP contribution >= 0.6 is 0 Å². The summed E-state index contributed by atoms with van der Waals surface area (Å²) in [6.45, 7) is 5.89. The highest BCUT2D eigenvalue weighted by Crippen LogP contribution is 2.29. The molecule has 0 fully saturated rings. The molecule has 2 aromatic rings. The van der Waals surface area contributed by atoms with E-state index in [0.717, 1.165) is 0 Å². The van der Waals surface area contributed by atoms with Gasteiger partial charge < -0.3 is 10.1 Å². The van der Waals surface area contributed by atoms with E-state index in [4.69, 9.17) is 4.74 Å². The highest BCUT2D eigenvalue weighted by molar-refractivity contribution is 5.97. The first-order chi connectivity index (χ1) is 11.0. The van der Waals surface area contributed by atoms with Gasteiger partial charge >= 0.3 is 5.97 Å². The van der Waals surface area contributed by atoms with Crippen molar-refractivity contribution in [3.05, 3.63) is 41.3 Å². The van der Waals surface area contributed by atoms with Crippen LogP contribution in [0.15, 0.2) is 24.3 Å². The average molecular weight is 317 g/mol. The van der Waals surface area contributed by atoms with E-state index in [0.29, 0.717) is 28.5 Å². The van der Waals surface area contributed by atoms with Crippen molar-refractivity contribution in [2.75, 3.05) is 19.0 Å². The first-order valence-electron chi connectivity index (χ1n) is 7.50. The van der Waals surface area contributed by atoms with E-state index in [1.54, 1.807) is 26.1 Å². The predicted molar refractivity (Wildman–Crippen MR) is 87.0 cm³/mol. The van der Waals surface area contributed by atoms with Crippen molar-refractivity contribution in [1.29, 1.82) is 0 Å². The lowest BCUT2D eigenvalue weighted by atomic mass is 9.98. The Kier molecular flexibility index (Phi) is 5.26. The van der Waals surface area contributed by atoms with Crippen LogP contribution in [-0.4, -0.2) is 29.6 Å². The van der Waals surface area contributed by atoms with Gasteiger partial charge in [0.1, 0.15) is 11.4 Å². The number of esters is 1. The van der Waals surface area contributed by atoms with E-state index in [1.807, 2.05) is 13.8 Å². The molecular formula is C17H20FN3O2. The molecule has 0 saturated carbocycles. The SMILES string of the molecule is CCOC(=O)c1c(-c2ccc(F)cc2)nc(NC)nc1C(C)C. The molecule has 0 atom stereocenters. The fraction of sp³-hybridized carbons (Fsp3) is 0.353. The minimum absolute atomic E-state index is 0.00343. The van der Waals surface area contributed by atoms with E-state index in [2.05, 4.69) is 15.3 Å². The summed E-state index contributed by atoms with van der Waals surface area (Å²) in [5, 5.41) is 2.89. The number of carbonyl (C=O) groups excluding carboxylic acids is 1. The van der Waals surface area contributed by atoms with Crippen LogP contribution in [0, 0.1) is 5.82 Å². The lowest BCUT2D eigenvalue weighted by Gasteiger charge is -2.16. The van der Waals surface area contributed by atoms with Crippen molar-refractivity contribution in [3.63, 3.8) is 0 Å². The monoisotopic (exact) mass is 317 g/mol. The number of carbonyl (C=O) groups is 1. The number of nitrogens with one attached hydrogen (secondary N) is 1. The van der Waals surface area contributed by atoms with Crippen LogP contribution in [0.4, 0.5) is 10.3 Å². The van der Waals surface area contributed by atoms with Gasteiger partial charge in [-0.1, -0.05) is 13.8 Å².